The largest absolute Gasteiger partial charge is 0.504 e. The minimum Gasteiger partial charge on any atom is -0.504 e. The second-order valence-corrected chi connectivity index (χ2v) is 7.49. The number of phenolic OH excluding ortho intramolecular Hbond substituents is 1. The van der Waals surface area contributed by atoms with E-state index in [1.807, 2.05) is 23.5 Å². The van der Waals surface area contributed by atoms with Gasteiger partial charge >= 0.3 is 0 Å². The first kappa shape index (κ1) is 17.3. The fourth-order valence-corrected chi connectivity index (χ4v) is 4.10. The van der Waals surface area contributed by atoms with Gasteiger partial charge in [-0.25, -0.2) is 0 Å². The fourth-order valence-electron chi connectivity index (χ4n) is 3.35. The number of piperidine rings is 1. The summed E-state index contributed by atoms with van der Waals surface area (Å²) in [5, 5.41) is 15.5. The van der Waals surface area contributed by atoms with E-state index in [1.165, 1.54) is 30.8 Å². The van der Waals surface area contributed by atoms with Crippen molar-refractivity contribution in [2.24, 2.45) is 5.92 Å². The van der Waals surface area contributed by atoms with Gasteiger partial charge in [0, 0.05) is 24.5 Å². The second-order valence-electron chi connectivity index (χ2n) is 6.46. The van der Waals surface area contributed by atoms with E-state index in [1.54, 1.807) is 13.2 Å². The van der Waals surface area contributed by atoms with Crippen LogP contribution in [0, 0.1) is 5.92 Å². The third kappa shape index (κ3) is 4.72. The summed E-state index contributed by atoms with van der Waals surface area (Å²) in [4.78, 5) is 4.03. The molecule has 2 N–H and O–H groups in total. The maximum atomic E-state index is 9.84. The molecule has 1 aliphatic rings. The van der Waals surface area contributed by atoms with Crippen LogP contribution in [-0.2, 0) is 13.1 Å². The summed E-state index contributed by atoms with van der Waals surface area (Å²) in [6.45, 7) is 5.26. The number of hydrogen-bond donors (Lipinski definition) is 2. The lowest BCUT2D eigenvalue weighted by Gasteiger charge is -2.32. The summed E-state index contributed by atoms with van der Waals surface area (Å²) < 4.78 is 5.08. The highest BCUT2D eigenvalue weighted by molar-refractivity contribution is 7.09. The molecule has 4 nitrogen and oxygen atoms in total. The second kappa shape index (κ2) is 8.51. The Labute approximate surface area is 148 Å². The van der Waals surface area contributed by atoms with Crippen LogP contribution in [-0.4, -0.2) is 36.8 Å². The summed E-state index contributed by atoms with van der Waals surface area (Å²) >= 11 is 1.85. The highest BCUT2D eigenvalue weighted by Crippen LogP contribution is 2.26. The molecule has 1 unspecified atom stereocenters. The lowest BCUT2D eigenvalue weighted by molar-refractivity contribution is 0.166. The fraction of sp³-hybridized carbons (Fsp3) is 0.474. The van der Waals surface area contributed by atoms with Gasteiger partial charge in [-0.3, -0.25) is 4.90 Å². The number of nitrogens with one attached hydrogen (secondary N) is 1. The molecule has 2 aromatic rings. The van der Waals surface area contributed by atoms with Crippen molar-refractivity contribution in [2.75, 3.05) is 26.7 Å². The van der Waals surface area contributed by atoms with Gasteiger partial charge in [0.2, 0.25) is 0 Å². The highest BCUT2D eigenvalue weighted by Gasteiger charge is 2.19. The predicted octanol–water partition coefficient (Wildman–Crippen LogP) is 3.46. The highest BCUT2D eigenvalue weighted by atomic mass is 32.1. The van der Waals surface area contributed by atoms with Crippen molar-refractivity contribution >= 4 is 11.3 Å². The average molecular weight is 346 g/mol. The van der Waals surface area contributed by atoms with Crippen LogP contribution in [0.4, 0.5) is 0 Å². The SMILES string of the molecule is COc1ccc(CNCC2CCCN(Cc3cccs3)C2)cc1O. The van der Waals surface area contributed by atoms with Gasteiger partial charge in [-0.15, -0.1) is 11.3 Å². The number of phenols is 1. The van der Waals surface area contributed by atoms with Gasteiger partial charge in [-0.05, 0) is 61.0 Å². The molecule has 1 aromatic heterocycles. The molecule has 1 aromatic carbocycles. The van der Waals surface area contributed by atoms with E-state index in [0.29, 0.717) is 11.7 Å². The number of rotatable bonds is 7. The molecular weight excluding hydrogens is 320 g/mol. The molecule has 0 amide bonds. The van der Waals surface area contributed by atoms with Crippen LogP contribution in [0.1, 0.15) is 23.3 Å². The molecule has 2 heterocycles. The third-order valence-electron chi connectivity index (χ3n) is 4.57. The number of ether oxygens (including phenoxy) is 1. The Hall–Kier alpha value is -1.56. The van der Waals surface area contributed by atoms with Crippen LogP contribution in [0.2, 0.25) is 0 Å². The van der Waals surface area contributed by atoms with Crippen LogP contribution in [0.3, 0.4) is 0 Å². The number of thiophene rings is 1. The van der Waals surface area contributed by atoms with Gasteiger partial charge in [0.05, 0.1) is 7.11 Å². The van der Waals surface area contributed by atoms with Crippen LogP contribution in [0.15, 0.2) is 35.7 Å². The number of nitrogens with zero attached hydrogens (tertiary/aromatic N) is 1. The van der Waals surface area contributed by atoms with Gasteiger partial charge < -0.3 is 15.2 Å². The van der Waals surface area contributed by atoms with Crippen molar-refractivity contribution in [3.63, 3.8) is 0 Å². The Morgan fingerprint density at radius 2 is 2.29 bits per heavy atom. The van der Waals surface area contributed by atoms with Gasteiger partial charge in [0.15, 0.2) is 11.5 Å². The lowest BCUT2D eigenvalue weighted by Crippen LogP contribution is -2.38. The Morgan fingerprint density at radius 1 is 1.38 bits per heavy atom. The first-order valence-electron chi connectivity index (χ1n) is 8.56. The smallest absolute Gasteiger partial charge is 0.160 e. The number of hydrogen-bond acceptors (Lipinski definition) is 5. The summed E-state index contributed by atoms with van der Waals surface area (Å²) in [5.74, 6) is 1.43. The first-order chi connectivity index (χ1) is 11.7. The van der Waals surface area contributed by atoms with Gasteiger partial charge in [0.1, 0.15) is 0 Å². The molecule has 0 saturated carbocycles. The third-order valence-corrected chi connectivity index (χ3v) is 5.43. The minimum atomic E-state index is 0.205. The molecule has 130 valence electrons. The molecule has 3 rings (SSSR count). The van der Waals surface area contributed by atoms with E-state index in [0.717, 1.165) is 25.2 Å². The maximum absolute atomic E-state index is 9.84. The number of aromatic hydroxyl groups is 1. The normalized spacial score (nSPS) is 18.6. The maximum Gasteiger partial charge on any atom is 0.160 e. The summed E-state index contributed by atoms with van der Waals surface area (Å²) in [6, 6.07) is 9.94. The Morgan fingerprint density at radius 3 is 3.04 bits per heavy atom. The monoisotopic (exact) mass is 346 g/mol. The van der Waals surface area contributed by atoms with Crippen LogP contribution in [0.25, 0.3) is 0 Å². The van der Waals surface area contributed by atoms with Gasteiger partial charge in [-0.2, -0.15) is 0 Å². The van der Waals surface area contributed by atoms with Crippen molar-refractivity contribution in [2.45, 2.75) is 25.9 Å². The molecule has 0 spiro atoms. The Bertz CT molecular complexity index is 630. The molecule has 1 saturated heterocycles. The van der Waals surface area contributed by atoms with Crippen molar-refractivity contribution in [1.82, 2.24) is 10.2 Å². The van der Waals surface area contributed by atoms with Crippen LogP contribution >= 0.6 is 11.3 Å². The van der Waals surface area contributed by atoms with Gasteiger partial charge in [-0.1, -0.05) is 12.1 Å². The minimum absolute atomic E-state index is 0.205. The van der Waals surface area contributed by atoms with Crippen molar-refractivity contribution in [3.8, 4) is 11.5 Å². The molecule has 5 heteroatoms. The number of likely N-dealkylation sites (tertiary alicyclic amines) is 1. The van der Waals surface area contributed by atoms with E-state index < -0.39 is 0 Å². The molecule has 0 bridgehead atoms. The number of benzene rings is 1. The summed E-state index contributed by atoms with van der Waals surface area (Å²) in [5.41, 5.74) is 1.08. The molecule has 1 atom stereocenters. The number of methoxy groups -OCH3 is 1. The zero-order chi connectivity index (χ0) is 16.8. The van der Waals surface area contributed by atoms with E-state index in [2.05, 4.69) is 27.7 Å². The van der Waals surface area contributed by atoms with Crippen LogP contribution < -0.4 is 10.1 Å². The lowest BCUT2D eigenvalue weighted by atomic mass is 9.98. The Balaban J connectivity index is 1.43. The van der Waals surface area contributed by atoms with Gasteiger partial charge in [0.25, 0.3) is 0 Å². The topological polar surface area (TPSA) is 44.7 Å². The van der Waals surface area contributed by atoms with Crippen molar-refractivity contribution in [1.29, 1.82) is 0 Å². The molecule has 1 aliphatic heterocycles. The van der Waals surface area contributed by atoms with Crippen molar-refractivity contribution < 1.29 is 9.84 Å². The zero-order valence-electron chi connectivity index (χ0n) is 14.2. The molecular formula is C19H26N2O2S. The van der Waals surface area contributed by atoms with Crippen molar-refractivity contribution in [3.05, 3.63) is 46.2 Å². The van der Waals surface area contributed by atoms with Crippen LogP contribution in [0.5, 0.6) is 11.5 Å². The molecule has 1 fully saturated rings. The molecule has 0 aliphatic carbocycles. The Kier molecular flexibility index (Phi) is 6.12. The quantitative estimate of drug-likeness (QED) is 0.806. The standard InChI is InChI=1S/C19H26N2O2S/c1-23-19-7-6-15(10-18(19)22)11-20-12-16-4-2-8-21(13-16)14-17-5-3-9-24-17/h3,5-7,9-10,16,20,22H,2,4,8,11-14H2,1H3. The predicted molar refractivity (Wildman–Crippen MR) is 98.7 cm³/mol. The van der Waals surface area contributed by atoms with E-state index >= 15 is 0 Å². The first-order valence-corrected chi connectivity index (χ1v) is 9.44. The molecule has 0 radical (unpaired) electrons. The molecule has 24 heavy (non-hydrogen) atoms. The van der Waals surface area contributed by atoms with E-state index in [4.69, 9.17) is 4.74 Å². The summed E-state index contributed by atoms with van der Waals surface area (Å²) in [6.07, 6.45) is 2.57. The van der Waals surface area contributed by atoms with E-state index in [9.17, 15) is 5.11 Å². The average Bonchev–Trinajstić information content (AvgIpc) is 3.08. The van der Waals surface area contributed by atoms with E-state index in [-0.39, 0.29) is 5.75 Å². The summed E-state index contributed by atoms with van der Waals surface area (Å²) in [7, 11) is 1.57. The zero-order valence-corrected chi connectivity index (χ0v) is 15.0.